The van der Waals surface area contributed by atoms with E-state index < -0.39 is 0 Å². The maximum Gasteiger partial charge on any atom is 0.324 e. The lowest BCUT2D eigenvalue weighted by Gasteiger charge is -2.08. The summed E-state index contributed by atoms with van der Waals surface area (Å²) < 4.78 is 0. The highest BCUT2D eigenvalue weighted by Crippen LogP contribution is 2.18. The SMILES string of the molecule is Cc1cnc(Cl)cc1NC(=O)Nc1cc(CCc2ccccc2)[nH]n1. The van der Waals surface area contributed by atoms with Gasteiger partial charge in [-0.05, 0) is 37.0 Å². The van der Waals surface area contributed by atoms with E-state index in [1.54, 1.807) is 12.3 Å². The Morgan fingerprint density at radius 2 is 1.96 bits per heavy atom. The van der Waals surface area contributed by atoms with E-state index in [9.17, 15) is 4.79 Å². The minimum atomic E-state index is -0.383. The molecule has 25 heavy (non-hydrogen) atoms. The zero-order valence-corrected chi connectivity index (χ0v) is 14.5. The number of hydrogen-bond donors (Lipinski definition) is 3. The number of urea groups is 1. The second-order valence-corrected chi connectivity index (χ2v) is 6.05. The Morgan fingerprint density at radius 1 is 1.16 bits per heavy atom. The number of pyridine rings is 1. The number of nitrogens with one attached hydrogen (secondary N) is 3. The number of carbonyl (C=O) groups excluding carboxylic acids is 1. The molecule has 0 aliphatic carbocycles. The summed E-state index contributed by atoms with van der Waals surface area (Å²) in [5.74, 6) is 0.471. The van der Waals surface area contributed by atoms with E-state index in [1.165, 1.54) is 5.56 Å². The number of rotatable bonds is 5. The number of hydrogen-bond acceptors (Lipinski definition) is 3. The van der Waals surface area contributed by atoms with Crippen LogP contribution in [-0.4, -0.2) is 21.2 Å². The Bertz CT molecular complexity index is 863. The zero-order chi connectivity index (χ0) is 17.6. The third-order valence-electron chi connectivity index (χ3n) is 3.72. The van der Waals surface area contributed by atoms with Crippen LogP contribution in [0.1, 0.15) is 16.8 Å². The first kappa shape index (κ1) is 17.0. The largest absolute Gasteiger partial charge is 0.324 e. The minimum Gasteiger partial charge on any atom is -0.307 e. The van der Waals surface area contributed by atoms with Gasteiger partial charge in [-0.1, -0.05) is 41.9 Å². The number of halogens is 1. The second-order valence-electron chi connectivity index (χ2n) is 5.67. The molecule has 0 atom stereocenters. The molecule has 1 aromatic carbocycles. The molecular weight excluding hydrogens is 338 g/mol. The van der Waals surface area contributed by atoms with Crippen molar-refractivity contribution in [2.75, 3.05) is 10.6 Å². The van der Waals surface area contributed by atoms with E-state index in [-0.39, 0.29) is 6.03 Å². The van der Waals surface area contributed by atoms with Crippen LogP contribution in [-0.2, 0) is 12.8 Å². The van der Waals surface area contributed by atoms with Gasteiger partial charge in [0.05, 0.1) is 0 Å². The normalized spacial score (nSPS) is 10.5. The van der Waals surface area contributed by atoms with Crippen LogP contribution in [0.3, 0.4) is 0 Å². The molecule has 0 bridgehead atoms. The van der Waals surface area contributed by atoms with Crippen molar-refractivity contribution < 1.29 is 4.79 Å². The number of H-pyrrole nitrogens is 1. The first-order valence-corrected chi connectivity index (χ1v) is 8.26. The Labute approximate surface area is 150 Å². The van der Waals surface area contributed by atoms with Crippen molar-refractivity contribution in [2.45, 2.75) is 19.8 Å². The van der Waals surface area contributed by atoms with Gasteiger partial charge in [-0.25, -0.2) is 9.78 Å². The number of carbonyl (C=O) groups is 1. The summed E-state index contributed by atoms with van der Waals surface area (Å²) in [4.78, 5) is 16.1. The zero-order valence-electron chi connectivity index (χ0n) is 13.7. The topological polar surface area (TPSA) is 82.7 Å². The predicted octanol–water partition coefficient (Wildman–Crippen LogP) is 4.20. The summed E-state index contributed by atoms with van der Waals surface area (Å²) >= 11 is 5.85. The molecule has 0 saturated carbocycles. The van der Waals surface area contributed by atoms with Crippen molar-refractivity contribution >= 4 is 29.1 Å². The van der Waals surface area contributed by atoms with Crippen molar-refractivity contribution in [3.63, 3.8) is 0 Å². The van der Waals surface area contributed by atoms with Crippen LogP contribution in [0.15, 0.2) is 48.7 Å². The summed E-state index contributed by atoms with van der Waals surface area (Å²) in [6.07, 6.45) is 3.33. The molecule has 2 amide bonds. The molecule has 6 nitrogen and oxygen atoms in total. The van der Waals surface area contributed by atoms with Gasteiger partial charge < -0.3 is 5.32 Å². The van der Waals surface area contributed by atoms with Crippen LogP contribution in [0.2, 0.25) is 5.15 Å². The van der Waals surface area contributed by atoms with Crippen LogP contribution in [0.4, 0.5) is 16.3 Å². The average Bonchev–Trinajstić information content (AvgIpc) is 3.04. The van der Waals surface area contributed by atoms with Gasteiger partial charge in [-0.3, -0.25) is 10.4 Å². The standard InChI is InChI=1S/C18H18ClN5O/c1-12-11-20-16(19)10-15(12)21-18(25)22-17-9-14(23-24-17)8-7-13-5-3-2-4-6-13/h2-6,9-11H,7-8H2,1H3,(H3,20,21,22,23,24,25). The van der Waals surface area contributed by atoms with Crippen molar-refractivity contribution in [1.29, 1.82) is 0 Å². The van der Waals surface area contributed by atoms with E-state index in [0.29, 0.717) is 16.7 Å². The Morgan fingerprint density at radius 3 is 2.76 bits per heavy atom. The fourth-order valence-corrected chi connectivity index (χ4v) is 2.54. The summed E-state index contributed by atoms with van der Waals surface area (Å²) in [7, 11) is 0. The van der Waals surface area contributed by atoms with Crippen LogP contribution >= 0.6 is 11.6 Å². The smallest absolute Gasteiger partial charge is 0.307 e. The monoisotopic (exact) mass is 355 g/mol. The first-order valence-electron chi connectivity index (χ1n) is 7.88. The number of nitrogens with zero attached hydrogens (tertiary/aromatic N) is 2. The van der Waals surface area contributed by atoms with E-state index in [4.69, 9.17) is 11.6 Å². The number of amides is 2. The lowest BCUT2D eigenvalue weighted by atomic mass is 10.1. The lowest BCUT2D eigenvalue weighted by Crippen LogP contribution is -2.20. The maximum absolute atomic E-state index is 12.1. The molecule has 0 aliphatic heterocycles. The van der Waals surface area contributed by atoms with Crippen LogP contribution in [0.5, 0.6) is 0 Å². The number of aryl methyl sites for hydroxylation is 3. The summed E-state index contributed by atoms with van der Waals surface area (Å²) in [6, 6.07) is 13.3. The highest BCUT2D eigenvalue weighted by atomic mass is 35.5. The van der Waals surface area contributed by atoms with Gasteiger partial charge in [0.15, 0.2) is 5.82 Å². The number of aromatic nitrogens is 3. The van der Waals surface area contributed by atoms with Crippen LogP contribution in [0, 0.1) is 6.92 Å². The molecule has 0 radical (unpaired) electrons. The summed E-state index contributed by atoms with van der Waals surface area (Å²) in [5.41, 5.74) is 3.65. The molecule has 0 aliphatic rings. The molecule has 0 unspecified atom stereocenters. The van der Waals surface area contributed by atoms with Crippen molar-refractivity contribution in [3.05, 3.63) is 70.6 Å². The van der Waals surface area contributed by atoms with Gasteiger partial charge in [-0.2, -0.15) is 5.10 Å². The fourth-order valence-electron chi connectivity index (χ4n) is 2.38. The van der Waals surface area contributed by atoms with Gasteiger partial charge in [0.2, 0.25) is 0 Å². The van der Waals surface area contributed by atoms with Gasteiger partial charge in [0.25, 0.3) is 0 Å². The Kier molecular flexibility index (Phi) is 5.30. The van der Waals surface area contributed by atoms with Crippen molar-refractivity contribution in [3.8, 4) is 0 Å². The fraction of sp³-hybridized carbons (Fsp3) is 0.167. The third kappa shape index (κ3) is 4.81. The van der Waals surface area contributed by atoms with E-state index in [0.717, 1.165) is 24.1 Å². The molecule has 3 rings (SSSR count). The van der Waals surface area contributed by atoms with Crippen molar-refractivity contribution in [2.24, 2.45) is 0 Å². The molecule has 3 N–H and O–H groups in total. The van der Waals surface area contributed by atoms with Gasteiger partial charge in [0, 0.05) is 23.6 Å². The molecule has 7 heteroatoms. The van der Waals surface area contributed by atoms with E-state index in [2.05, 4.69) is 37.9 Å². The molecule has 0 saturated heterocycles. The Hall–Kier alpha value is -2.86. The van der Waals surface area contributed by atoms with Gasteiger partial charge >= 0.3 is 6.03 Å². The first-order chi connectivity index (χ1) is 12.1. The minimum absolute atomic E-state index is 0.323. The Balaban J connectivity index is 1.55. The van der Waals surface area contributed by atoms with Crippen molar-refractivity contribution in [1.82, 2.24) is 15.2 Å². The number of aromatic amines is 1. The van der Waals surface area contributed by atoms with Crippen LogP contribution < -0.4 is 10.6 Å². The van der Waals surface area contributed by atoms with Crippen LogP contribution in [0.25, 0.3) is 0 Å². The molecule has 2 aromatic heterocycles. The summed E-state index contributed by atoms with van der Waals surface area (Å²) in [5, 5.41) is 12.8. The average molecular weight is 356 g/mol. The maximum atomic E-state index is 12.1. The highest BCUT2D eigenvalue weighted by Gasteiger charge is 2.09. The number of anilines is 2. The molecule has 128 valence electrons. The predicted molar refractivity (Wildman–Crippen MR) is 99.1 cm³/mol. The quantitative estimate of drug-likeness (QED) is 0.600. The summed E-state index contributed by atoms with van der Waals surface area (Å²) in [6.45, 7) is 1.84. The van der Waals surface area contributed by atoms with E-state index in [1.807, 2.05) is 31.2 Å². The molecule has 2 heterocycles. The molecular formula is C18H18ClN5O. The molecule has 0 spiro atoms. The van der Waals surface area contributed by atoms with Gasteiger partial charge in [-0.15, -0.1) is 0 Å². The molecule has 0 fully saturated rings. The van der Waals surface area contributed by atoms with E-state index >= 15 is 0 Å². The number of benzene rings is 1. The second kappa shape index (κ2) is 7.81. The third-order valence-corrected chi connectivity index (χ3v) is 3.92. The highest BCUT2D eigenvalue weighted by molar-refractivity contribution is 6.29. The lowest BCUT2D eigenvalue weighted by molar-refractivity contribution is 0.262. The van der Waals surface area contributed by atoms with Gasteiger partial charge in [0.1, 0.15) is 5.15 Å². The molecule has 3 aromatic rings.